The lowest BCUT2D eigenvalue weighted by Gasteiger charge is -2.11. The van der Waals surface area contributed by atoms with Crippen molar-refractivity contribution in [3.8, 4) is 11.4 Å². The van der Waals surface area contributed by atoms with Gasteiger partial charge in [0.15, 0.2) is 0 Å². The molecule has 0 saturated heterocycles. The van der Waals surface area contributed by atoms with Crippen molar-refractivity contribution in [1.29, 1.82) is 0 Å². The lowest BCUT2D eigenvalue weighted by molar-refractivity contribution is -0.113. The normalized spacial score (nSPS) is 10.4. The van der Waals surface area contributed by atoms with Crippen LogP contribution in [0, 0.1) is 0 Å². The molecule has 1 amide bonds. The molecule has 9 nitrogen and oxygen atoms in total. The van der Waals surface area contributed by atoms with Gasteiger partial charge in [-0.2, -0.15) is 4.68 Å². The molecule has 3 aromatic rings. The number of hydrogen-bond acceptors (Lipinski definition) is 8. The van der Waals surface area contributed by atoms with Crippen LogP contribution in [0.4, 0.5) is 5.69 Å². The molecule has 29 heavy (non-hydrogen) atoms. The zero-order chi connectivity index (χ0) is 20.6. The Morgan fingerprint density at radius 3 is 2.69 bits per heavy atom. The number of tetrazole rings is 1. The summed E-state index contributed by atoms with van der Waals surface area (Å²) in [5.41, 5.74) is 1.35. The monoisotopic (exact) mass is 413 g/mol. The minimum Gasteiger partial charge on any atom is -0.494 e. The molecular weight excluding hydrogens is 394 g/mol. The molecule has 0 radical (unpaired) electrons. The van der Waals surface area contributed by atoms with Crippen molar-refractivity contribution in [2.75, 3.05) is 24.8 Å². The predicted molar refractivity (Wildman–Crippen MR) is 107 cm³/mol. The zero-order valence-electron chi connectivity index (χ0n) is 15.9. The van der Waals surface area contributed by atoms with Crippen LogP contribution in [0.3, 0.4) is 0 Å². The van der Waals surface area contributed by atoms with Crippen LogP contribution in [0.2, 0.25) is 0 Å². The Hall–Kier alpha value is -3.40. The van der Waals surface area contributed by atoms with Gasteiger partial charge in [-0.3, -0.25) is 4.79 Å². The number of hydrogen-bond donors (Lipinski definition) is 1. The number of methoxy groups -OCH3 is 1. The van der Waals surface area contributed by atoms with E-state index in [2.05, 4.69) is 20.8 Å². The number of anilines is 1. The summed E-state index contributed by atoms with van der Waals surface area (Å²) in [6, 6.07) is 14.0. The molecule has 0 bridgehead atoms. The highest BCUT2D eigenvalue weighted by Crippen LogP contribution is 2.25. The van der Waals surface area contributed by atoms with E-state index in [0.29, 0.717) is 27.8 Å². The summed E-state index contributed by atoms with van der Waals surface area (Å²) < 4.78 is 11.9. The van der Waals surface area contributed by atoms with Crippen LogP contribution in [0.15, 0.2) is 53.7 Å². The van der Waals surface area contributed by atoms with E-state index in [1.165, 1.54) is 4.68 Å². The van der Waals surface area contributed by atoms with Gasteiger partial charge in [0.25, 0.3) is 0 Å². The number of aromatic nitrogens is 4. The smallest absolute Gasteiger partial charge is 0.340 e. The van der Waals surface area contributed by atoms with E-state index in [1.54, 1.807) is 44.4 Å². The number of thioether (sulfide) groups is 1. The molecule has 1 aromatic heterocycles. The Labute approximate surface area is 171 Å². The summed E-state index contributed by atoms with van der Waals surface area (Å²) in [6.07, 6.45) is 0. The van der Waals surface area contributed by atoms with Crippen molar-refractivity contribution >= 4 is 29.3 Å². The number of nitrogens with one attached hydrogen (secondary N) is 1. The molecule has 1 heterocycles. The van der Waals surface area contributed by atoms with Gasteiger partial charge in [0.2, 0.25) is 11.1 Å². The Morgan fingerprint density at radius 1 is 1.14 bits per heavy atom. The molecule has 10 heteroatoms. The fourth-order valence-corrected chi connectivity index (χ4v) is 3.20. The van der Waals surface area contributed by atoms with E-state index in [0.717, 1.165) is 11.8 Å². The summed E-state index contributed by atoms with van der Waals surface area (Å²) in [5, 5.41) is 14.8. The minimum absolute atomic E-state index is 0.0483. The highest BCUT2D eigenvalue weighted by Gasteiger charge is 2.17. The fraction of sp³-hybridized carbons (Fsp3) is 0.211. The molecule has 0 aliphatic carbocycles. The Kier molecular flexibility index (Phi) is 6.80. The van der Waals surface area contributed by atoms with Crippen molar-refractivity contribution in [3.63, 3.8) is 0 Å². The Bertz CT molecular complexity index is 1010. The number of ether oxygens (including phenoxy) is 2. The van der Waals surface area contributed by atoms with Crippen molar-refractivity contribution in [1.82, 2.24) is 20.2 Å². The molecular formula is C19H19N5O4S. The molecule has 0 unspecified atom stereocenters. The molecule has 1 N–H and O–H groups in total. The van der Waals surface area contributed by atoms with Gasteiger partial charge in [0, 0.05) is 0 Å². The summed E-state index contributed by atoms with van der Waals surface area (Å²) in [7, 11) is 1.56. The van der Waals surface area contributed by atoms with Gasteiger partial charge in [-0.1, -0.05) is 36.0 Å². The van der Waals surface area contributed by atoms with Crippen molar-refractivity contribution < 1.29 is 19.1 Å². The number of benzene rings is 2. The average Bonchev–Trinajstić information content (AvgIpc) is 3.21. The number of para-hydroxylation sites is 3. The quantitative estimate of drug-likeness (QED) is 0.443. The van der Waals surface area contributed by atoms with Crippen molar-refractivity contribution in [3.05, 3.63) is 54.1 Å². The first-order valence-corrected chi connectivity index (χ1v) is 9.73. The molecule has 0 aliphatic heterocycles. The first-order chi connectivity index (χ1) is 14.1. The second kappa shape index (κ2) is 9.69. The van der Waals surface area contributed by atoms with E-state index in [9.17, 15) is 9.59 Å². The van der Waals surface area contributed by atoms with Gasteiger partial charge < -0.3 is 14.8 Å². The van der Waals surface area contributed by atoms with Crippen LogP contribution in [-0.2, 0) is 9.53 Å². The third-order valence-corrected chi connectivity index (χ3v) is 4.70. The third kappa shape index (κ3) is 4.91. The van der Waals surface area contributed by atoms with E-state index in [-0.39, 0.29) is 18.3 Å². The van der Waals surface area contributed by atoms with Crippen LogP contribution in [0.25, 0.3) is 5.69 Å². The predicted octanol–water partition coefficient (Wildman–Crippen LogP) is 2.58. The number of esters is 1. The van der Waals surface area contributed by atoms with E-state index in [4.69, 9.17) is 9.47 Å². The SMILES string of the molecule is CCOC(=O)c1ccccc1NC(=O)CSc1nnnn1-c1ccccc1OC. The fourth-order valence-electron chi connectivity index (χ4n) is 2.52. The summed E-state index contributed by atoms with van der Waals surface area (Å²) >= 11 is 1.16. The summed E-state index contributed by atoms with van der Waals surface area (Å²) in [5.74, 6) is -0.140. The van der Waals surface area contributed by atoms with Gasteiger partial charge in [0.1, 0.15) is 11.4 Å². The van der Waals surface area contributed by atoms with Crippen LogP contribution in [0.1, 0.15) is 17.3 Å². The van der Waals surface area contributed by atoms with Gasteiger partial charge >= 0.3 is 5.97 Å². The standard InChI is InChI=1S/C19H19N5O4S/c1-3-28-18(26)13-8-4-5-9-14(13)20-17(25)12-29-19-21-22-23-24(19)15-10-6-7-11-16(15)27-2/h4-11H,3,12H2,1-2H3,(H,20,25). The van der Waals surface area contributed by atoms with E-state index >= 15 is 0 Å². The number of rotatable bonds is 8. The van der Waals surface area contributed by atoms with E-state index < -0.39 is 5.97 Å². The largest absolute Gasteiger partial charge is 0.494 e. The first kappa shape index (κ1) is 20.3. The second-order valence-electron chi connectivity index (χ2n) is 5.65. The second-order valence-corrected chi connectivity index (χ2v) is 6.59. The number of carbonyl (C=O) groups is 2. The number of carbonyl (C=O) groups excluding carboxylic acids is 2. The van der Waals surface area contributed by atoms with E-state index in [1.807, 2.05) is 18.2 Å². The van der Waals surface area contributed by atoms with Crippen molar-refractivity contribution in [2.45, 2.75) is 12.1 Å². The maximum absolute atomic E-state index is 12.4. The van der Waals surface area contributed by atoms with Gasteiger partial charge in [-0.15, -0.1) is 5.10 Å². The maximum atomic E-state index is 12.4. The van der Waals surface area contributed by atoms with Crippen LogP contribution < -0.4 is 10.1 Å². The average molecular weight is 413 g/mol. The number of amides is 1. The topological polar surface area (TPSA) is 108 Å². The minimum atomic E-state index is -0.490. The van der Waals surface area contributed by atoms with Crippen molar-refractivity contribution in [2.24, 2.45) is 0 Å². The summed E-state index contributed by atoms with van der Waals surface area (Å²) in [6.45, 7) is 1.98. The van der Waals surface area contributed by atoms with Crippen LogP contribution in [0.5, 0.6) is 5.75 Å². The Balaban J connectivity index is 1.69. The number of nitrogens with zero attached hydrogens (tertiary/aromatic N) is 4. The first-order valence-electron chi connectivity index (χ1n) is 8.74. The molecule has 0 fully saturated rings. The summed E-state index contributed by atoms with van der Waals surface area (Å²) in [4.78, 5) is 24.5. The lowest BCUT2D eigenvalue weighted by atomic mass is 10.2. The molecule has 0 spiro atoms. The maximum Gasteiger partial charge on any atom is 0.340 e. The van der Waals surface area contributed by atoms with Crippen LogP contribution >= 0.6 is 11.8 Å². The molecule has 150 valence electrons. The highest BCUT2D eigenvalue weighted by atomic mass is 32.2. The highest BCUT2D eigenvalue weighted by molar-refractivity contribution is 7.99. The molecule has 0 aliphatic rings. The lowest BCUT2D eigenvalue weighted by Crippen LogP contribution is -2.17. The van der Waals surface area contributed by atoms with Crippen LogP contribution in [-0.4, -0.2) is 51.6 Å². The molecule has 3 rings (SSSR count). The van der Waals surface area contributed by atoms with Gasteiger partial charge in [-0.05, 0) is 41.6 Å². The Morgan fingerprint density at radius 2 is 1.90 bits per heavy atom. The molecule has 0 saturated carbocycles. The third-order valence-electron chi connectivity index (χ3n) is 3.78. The molecule has 2 aromatic carbocycles. The zero-order valence-corrected chi connectivity index (χ0v) is 16.7. The van der Waals surface area contributed by atoms with Gasteiger partial charge in [0.05, 0.1) is 30.7 Å². The molecule has 0 atom stereocenters. The van der Waals surface area contributed by atoms with Gasteiger partial charge in [-0.25, -0.2) is 4.79 Å².